The molecule has 8 heteroatoms. The van der Waals surface area contributed by atoms with E-state index in [0.717, 1.165) is 24.2 Å². The van der Waals surface area contributed by atoms with Crippen LogP contribution in [0.2, 0.25) is 0 Å². The number of nitrogens with one attached hydrogen (secondary N) is 1. The van der Waals surface area contributed by atoms with Crippen molar-refractivity contribution in [3.05, 3.63) is 24.0 Å². The van der Waals surface area contributed by atoms with Crippen LogP contribution in [0, 0.1) is 5.92 Å². The number of aryl methyl sites for hydroxylation is 2. The van der Waals surface area contributed by atoms with E-state index in [2.05, 4.69) is 17.2 Å². The van der Waals surface area contributed by atoms with Gasteiger partial charge >= 0.3 is 0 Å². The van der Waals surface area contributed by atoms with Crippen LogP contribution in [-0.2, 0) is 28.3 Å². The van der Waals surface area contributed by atoms with Crippen LogP contribution in [0.25, 0.3) is 11.0 Å². The highest BCUT2D eigenvalue weighted by atomic mass is 32.2. The summed E-state index contributed by atoms with van der Waals surface area (Å²) in [6, 6.07) is 5.36. The number of rotatable bonds is 8. The number of sulfonamides is 1. The molecule has 0 bridgehead atoms. The largest absolute Gasteiger partial charge is 0.353 e. The van der Waals surface area contributed by atoms with E-state index < -0.39 is 10.0 Å². The van der Waals surface area contributed by atoms with Crippen LogP contribution in [0.3, 0.4) is 0 Å². The standard InChI is InChI=1S/C22H34N4O3S/c1-5-26(6-2)30(28,29)18-10-11-20-19(15-18)24-21(25(20)4)12-13-22(27)23-17-9-7-8-16(3)14-17/h10-11,15-17H,5-9,12-14H2,1-4H3,(H,23,27). The van der Waals surface area contributed by atoms with Crippen LogP contribution in [-0.4, -0.2) is 47.3 Å². The molecule has 3 rings (SSSR count). The van der Waals surface area contributed by atoms with Crippen molar-refractivity contribution in [1.82, 2.24) is 19.2 Å². The maximum atomic E-state index is 12.8. The van der Waals surface area contributed by atoms with E-state index in [4.69, 9.17) is 0 Å². The summed E-state index contributed by atoms with van der Waals surface area (Å²) in [7, 11) is -1.62. The van der Waals surface area contributed by atoms with E-state index in [1.807, 2.05) is 25.5 Å². The van der Waals surface area contributed by atoms with Gasteiger partial charge in [0.25, 0.3) is 0 Å². The first-order chi connectivity index (χ1) is 14.3. The van der Waals surface area contributed by atoms with Gasteiger partial charge in [0.15, 0.2) is 0 Å². The zero-order valence-electron chi connectivity index (χ0n) is 18.5. The molecule has 7 nitrogen and oxygen atoms in total. The molecule has 1 aromatic carbocycles. The zero-order chi connectivity index (χ0) is 21.9. The maximum Gasteiger partial charge on any atom is 0.243 e. The van der Waals surface area contributed by atoms with Gasteiger partial charge in [-0.2, -0.15) is 4.31 Å². The summed E-state index contributed by atoms with van der Waals surface area (Å²) in [5.41, 5.74) is 1.51. The van der Waals surface area contributed by atoms with Gasteiger partial charge in [0.1, 0.15) is 5.82 Å². The maximum absolute atomic E-state index is 12.8. The molecule has 0 saturated heterocycles. The van der Waals surface area contributed by atoms with E-state index >= 15 is 0 Å². The molecule has 2 atom stereocenters. The molecule has 1 heterocycles. The summed E-state index contributed by atoms with van der Waals surface area (Å²) in [4.78, 5) is 17.3. The Kier molecular flexibility index (Phi) is 7.18. The third-order valence-corrected chi connectivity index (χ3v) is 8.21. The molecular weight excluding hydrogens is 400 g/mol. The number of hydrogen-bond acceptors (Lipinski definition) is 4. The Balaban J connectivity index is 1.71. The molecule has 30 heavy (non-hydrogen) atoms. The van der Waals surface area contributed by atoms with Crippen molar-refractivity contribution in [2.24, 2.45) is 13.0 Å². The Labute approximate surface area is 179 Å². The van der Waals surface area contributed by atoms with Crippen LogP contribution in [0.1, 0.15) is 58.7 Å². The number of imidazole rings is 1. The number of amides is 1. The molecule has 2 aromatic rings. The van der Waals surface area contributed by atoms with E-state index in [1.54, 1.807) is 18.2 Å². The summed E-state index contributed by atoms with van der Waals surface area (Å²) in [6.45, 7) is 6.76. The fourth-order valence-electron chi connectivity index (χ4n) is 4.42. The van der Waals surface area contributed by atoms with E-state index in [9.17, 15) is 13.2 Å². The highest BCUT2D eigenvalue weighted by Gasteiger charge is 2.23. The van der Waals surface area contributed by atoms with Crippen molar-refractivity contribution in [3.63, 3.8) is 0 Å². The first-order valence-electron chi connectivity index (χ1n) is 11.0. The number of fused-ring (bicyclic) bond motifs is 1. The summed E-state index contributed by atoms with van der Waals surface area (Å²) < 4.78 is 29.0. The van der Waals surface area contributed by atoms with Crippen molar-refractivity contribution < 1.29 is 13.2 Å². The highest BCUT2D eigenvalue weighted by molar-refractivity contribution is 7.89. The molecule has 0 radical (unpaired) electrons. The molecule has 1 aliphatic rings. The predicted octanol–water partition coefficient (Wildman–Crippen LogP) is 3.23. The predicted molar refractivity (Wildman–Crippen MR) is 119 cm³/mol. The van der Waals surface area contributed by atoms with Gasteiger partial charge < -0.3 is 9.88 Å². The van der Waals surface area contributed by atoms with Crippen LogP contribution in [0.15, 0.2) is 23.1 Å². The van der Waals surface area contributed by atoms with Crippen LogP contribution < -0.4 is 5.32 Å². The van der Waals surface area contributed by atoms with Crippen molar-refractivity contribution in [1.29, 1.82) is 0 Å². The molecule has 0 spiro atoms. The Morgan fingerprint density at radius 1 is 1.27 bits per heavy atom. The lowest BCUT2D eigenvalue weighted by atomic mass is 9.87. The lowest BCUT2D eigenvalue weighted by molar-refractivity contribution is -0.122. The van der Waals surface area contributed by atoms with Gasteiger partial charge in [-0.1, -0.05) is 33.6 Å². The quantitative estimate of drug-likeness (QED) is 0.691. The number of aromatic nitrogens is 2. The fraction of sp³-hybridized carbons (Fsp3) is 0.636. The second-order valence-electron chi connectivity index (χ2n) is 8.36. The minimum atomic E-state index is -3.52. The zero-order valence-corrected chi connectivity index (χ0v) is 19.3. The lowest BCUT2D eigenvalue weighted by Crippen LogP contribution is -2.38. The minimum absolute atomic E-state index is 0.0611. The first kappa shape index (κ1) is 22.7. The van der Waals surface area contributed by atoms with E-state index in [-0.39, 0.29) is 16.8 Å². The molecule has 1 aliphatic carbocycles. The minimum Gasteiger partial charge on any atom is -0.353 e. The second-order valence-corrected chi connectivity index (χ2v) is 10.3. The van der Waals surface area contributed by atoms with Crippen LogP contribution in [0.4, 0.5) is 0 Å². The molecule has 166 valence electrons. The smallest absolute Gasteiger partial charge is 0.243 e. The first-order valence-corrected chi connectivity index (χ1v) is 12.4. The average Bonchev–Trinajstić information content (AvgIpc) is 3.02. The van der Waals surface area contributed by atoms with Gasteiger partial charge in [-0.15, -0.1) is 0 Å². The third kappa shape index (κ3) is 4.86. The second kappa shape index (κ2) is 9.47. The molecule has 1 N–H and O–H groups in total. The summed E-state index contributed by atoms with van der Waals surface area (Å²) >= 11 is 0. The molecule has 1 amide bonds. The van der Waals surface area contributed by atoms with Crippen molar-refractivity contribution >= 4 is 27.0 Å². The lowest BCUT2D eigenvalue weighted by Gasteiger charge is -2.27. The monoisotopic (exact) mass is 434 g/mol. The van der Waals surface area contributed by atoms with Gasteiger partial charge in [0, 0.05) is 39.0 Å². The Bertz CT molecular complexity index is 995. The van der Waals surface area contributed by atoms with Gasteiger partial charge in [0.2, 0.25) is 15.9 Å². The van der Waals surface area contributed by atoms with Gasteiger partial charge in [-0.25, -0.2) is 13.4 Å². The Morgan fingerprint density at radius 2 is 2.00 bits per heavy atom. The number of carbonyl (C=O) groups is 1. The SMILES string of the molecule is CCN(CC)S(=O)(=O)c1ccc2c(c1)nc(CCC(=O)NC1CCCC(C)C1)n2C. The molecule has 1 fully saturated rings. The van der Waals surface area contributed by atoms with Gasteiger partial charge in [-0.05, 0) is 37.0 Å². The number of carbonyl (C=O) groups excluding carboxylic acids is 1. The van der Waals surface area contributed by atoms with Crippen molar-refractivity contribution in [3.8, 4) is 0 Å². The number of benzene rings is 1. The summed E-state index contributed by atoms with van der Waals surface area (Å²) in [6.07, 6.45) is 5.45. The van der Waals surface area contributed by atoms with E-state index in [0.29, 0.717) is 37.4 Å². The molecule has 1 aromatic heterocycles. The molecule has 1 saturated carbocycles. The Morgan fingerprint density at radius 3 is 2.67 bits per heavy atom. The topological polar surface area (TPSA) is 84.3 Å². The number of hydrogen-bond donors (Lipinski definition) is 1. The molecular formula is C22H34N4O3S. The van der Waals surface area contributed by atoms with Crippen LogP contribution >= 0.6 is 0 Å². The van der Waals surface area contributed by atoms with Gasteiger partial charge in [-0.3, -0.25) is 4.79 Å². The normalized spacial score (nSPS) is 20.0. The fourth-order valence-corrected chi connectivity index (χ4v) is 5.90. The highest BCUT2D eigenvalue weighted by Crippen LogP contribution is 2.24. The van der Waals surface area contributed by atoms with Crippen molar-refractivity contribution in [2.75, 3.05) is 13.1 Å². The summed E-state index contributed by atoms with van der Waals surface area (Å²) in [5.74, 6) is 1.52. The molecule has 0 aliphatic heterocycles. The van der Waals surface area contributed by atoms with Gasteiger partial charge in [0.05, 0.1) is 15.9 Å². The van der Waals surface area contributed by atoms with Crippen molar-refractivity contribution in [2.45, 2.75) is 70.2 Å². The number of nitrogens with zero attached hydrogens (tertiary/aromatic N) is 3. The third-order valence-electron chi connectivity index (χ3n) is 6.17. The van der Waals surface area contributed by atoms with E-state index in [1.165, 1.54) is 17.1 Å². The Hall–Kier alpha value is -1.93. The molecule has 2 unspecified atom stereocenters. The van der Waals surface area contributed by atoms with Crippen LogP contribution in [0.5, 0.6) is 0 Å². The summed E-state index contributed by atoms with van der Waals surface area (Å²) in [5, 5.41) is 3.17. The average molecular weight is 435 g/mol.